The zero-order valence-corrected chi connectivity index (χ0v) is 20.1. The van der Waals surface area contributed by atoms with Crippen molar-refractivity contribution in [2.75, 3.05) is 32.9 Å². The highest BCUT2D eigenvalue weighted by Crippen LogP contribution is 2.39. The summed E-state index contributed by atoms with van der Waals surface area (Å²) in [4.78, 5) is 43.2. The molecular weight excluding hydrogens is 458 g/mol. The summed E-state index contributed by atoms with van der Waals surface area (Å²) < 4.78 is 16.9. The van der Waals surface area contributed by atoms with Crippen molar-refractivity contribution in [3.63, 3.8) is 0 Å². The van der Waals surface area contributed by atoms with Crippen LogP contribution >= 0.6 is 11.8 Å². The summed E-state index contributed by atoms with van der Waals surface area (Å²) in [6, 6.07) is 6.72. The van der Waals surface area contributed by atoms with E-state index in [2.05, 4.69) is 10.3 Å². The summed E-state index contributed by atoms with van der Waals surface area (Å²) in [5.41, 5.74) is 1.05. The molecular formula is C24H27N3O6S. The molecule has 1 saturated heterocycles. The normalized spacial score (nSPS) is 14.4. The highest BCUT2D eigenvalue weighted by Gasteiger charge is 2.34. The zero-order valence-electron chi connectivity index (χ0n) is 19.3. The van der Waals surface area contributed by atoms with Crippen LogP contribution in [-0.2, 0) is 4.79 Å². The van der Waals surface area contributed by atoms with Crippen molar-refractivity contribution in [3.8, 4) is 17.2 Å². The average molecular weight is 486 g/mol. The summed E-state index contributed by atoms with van der Waals surface area (Å²) >= 11 is 0.864. The third kappa shape index (κ3) is 6.07. The van der Waals surface area contributed by atoms with E-state index in [0.717, 1.165) is 22.2 Å². The van der Waals surface area contributed by atoms with Crippen molar-refractivity contribution < 1.29 is 28.6 Å². The van der Waals surface area contributed by atoms with Gasteiger partial charge >= 0.3 is 0 Å². The van der Waals surface area contributed by atoms with Gasteiger partial charge in [0.05, 0.1) is 24.7 Å². The van der Waals surface area contributed by atoms with Crippen molar-refractivity contribution in [2.45, 2.75) is 20.8 Å². The quantitative estimate of drug-likeness (QED) is 0.480. The Kier molecular flexibility index (Phi) is 8.92. The highest BCUT2D eigenvalue weighted by atomic mass is 32.2. The monoisotopic (exact) mass is 485 g/mol. The average Bonchev–Trinajstić information content (AvgIpc) is 3.09. The van der Waals surface area contributed by atoms with Crippen LogP contribution in [0.25, 0.3) is 6.08 Å². The van der Waals surface area contributed by atoms with Crippen LogP contribution in [0.2, 0.25) is 0 Å². The lowest BCUT2D eigenvalue weighted by Gasteiger charge is -2.17. The molecule has 10 heteroatoms. The van der Waals surface area contributed by atoms with Gasteiger partial charge in [-0.3, -0.25) is 24.3 Å². The molecule has 1 aliphatic rings. The Hall–Kier alpha value is -3.53. The van der Waals surface area contributed by atoms with Gasteiger partial charge in [-0.1, -0.05) is 6.07 Å². The molecule has 34 heavy (non-hydrogen) atoms. The van der Waals surface area contributed by atoms with Crippen LogP contribution in [-0.4, -0.2) is 59.8 Å². The van der Waals surface area contributed by atoms with Gasteiger partial charge in [0.1, 0.15) is 0 Å². The number of benzene rings is 1. The summed E-state index contributed by atoms with van der Waals surface area (Å²) in [6.07, 6.45) is 4.86. The molecule has 1 N–H and O–H groups in total. The Morgan fingerprint density at radius 3 is 2.35 bits per heavy atom. The fraction of sp³-hybridized carbons (Fsp3) is 0.333. The maximum Gasteiger partial charge on any atom is 0.293 e. The number of carbonyl (C=O) groups is 3. The molecule has 1 aromatic carbocycles. The molecule has 0 aliphatic carbocycles. The number of hydrogen-bond donors (Lipinski definition) is 1. The molecule has 2 aromatic rings. The van der Waals surface area contributed by atoms with E-state index in [1.807, 2.05) is 20.8 Å². The number of nitrogens with zero attached hydrogens (tertiary/aromatic N) is 2. The van der Waals surface area contributed by atoms with E-state index in [1.165, 1.54) is 0 Å². The third-order valence-electron chi connectivity index (χ3n) is 4.65. The topological polar surface area (TPSA) is 107 Å². The van der Waals surface area contributed by atoms with E-state index in [4.69, 9.17) is 14.2 Å². The zero-order chi connectivity index (χ0) is 24.5. The first kappa shape index (κ1) is 25.1. The van der Waals surface area contributed by atoms with Gasteiger partial charge in [-0.25, -0.2) is 0 Å². The molecule has 3 rings (SSSR count). The number of amides is 3. The number of nitrogens with one attached hydrogen (secondary N) is 1. The largest absolute Gasteiger partial charge is 0.490 e. The fourth-order valence-electron chi connectivity index (χ4n) is 3.21. The predicted molar refractivity (Wildman–Crippen MR) is 129 cm³/mol. The minimum absolute atomic E-state index is 0.0500. The Bertz CT molecular complexity index is 1050. The smallest absolute Gasteiger partial charge is 0.293 e. The second-order valence-electron chi connectivity index (χ2n) is 6.98. The molecule has 1 aliphatic heterocycles. The van der Waals surface area contributed by atoms with Crippen molar-refractivity contribution in [1.82, 2.24) is 15.2 Å². The van der Waals surface area contributed by atoms with Crippen molar-refractivity contribution in [1.29, 1.82) is 0 Å². The van der Waals surface area contributed by atoms with E-state index >= 15 is 0 Å². The van der Waals surface area contributed by atoms with Gasteiger partial charge in [0.25, 0.3) is 17.1 Å². The number of aromatic nitrogens is 1. The Labute approximate surface area is 202 Å². The van der Waals surface area contributed by atoms with Gasteiger partial charge in [-0.15, -0.1) is 0 Å². The van der Waals surface area contributed by atoms with Crippen LogP contribution in [0, 0.1) is 0 Å². The molecule has 180 valence electrons. The number of imide groups is 1. The Morgan fingerprint density at radius 1 is 1.09 bits per heavy atom. The van der Waals surface area contributed by atoms with Crippen LogP contribution in [0.1, 0.15) is 36.7 Å². The van der Waals surface area contributed by atoms with Crippen LogP contribution in [0.3, 0.4) is 0 Å². The number of ether oxygens (including phenoxy) is 3. The molecule has 0 bridgehead atoms. The van der Waals surface area contributed by atoms with Crippen LogP contribution in [0.4, 0.5) is 4.79 Å². The minimum atomic E-state index is -0.397. The lowest BCUT2D eigenvalue weighted by molar-refractivity contribution is -0.122. The summed E-state index contributed by atoms with van der Waals surface area (Å²) in [5.74, 6) is 0.481. The molecule has 1 fully saturated rings. The van der Waals surface area contributed by atoms with Crippen LogP contribution in [0.5, 0.6) is 17.2 Å². The van der Waals surface area contributed by atoms with Gasteiger partial charge in [0, 0.05) is 31.0 Å². The molecule has 0 unspecified atom stereocenters. The van der Waals surface area contributed by atoms with E-state index in [-0.39, 0.29) is 24.2 Å². The minimum Gasteiger partial charge on any atom is -0.490 e. The van der Waals surface area contributed by atoms with Crippen molar-refractivity contribution in [3.05, 3.63) is 52.7 Å². The summed E-state index contributed by atoms with van der Waals surface area (Å²) in [5, 5.41) is 2.36. The van der Waals surface area contributed by atoms with E-state index in [1.54, 1.807) is 42.7 Å². The van der Waals surface area contributed by atoms with Gasteiger partial charge in [-0.2, -0.15) is 0 Å². The van der Waals surface area contributed by atoms with E-state index < -0.39 is 5.91 Å². The van der Waals surface area contributed by atoms with Gasteiger partial charge in [-0.05, 0) is 62.4 Å². The van der Waals surface area contributed by atoms with Gasteiger partial charge < -0.3 is 19.5 Å². The molecule has 9 nitrogen and oxygen atoms in total. The maximum atomic E-state index is 12.8. The molecule has 3 amide bonds. The van der Waals surface area contributed by atoms with Crippen LogP contribution < -0.4 is 19.5 Å². The summed E-state index contributed by atoms with van der Waals surface area (Å²) in [7, 11) is 0. The molecule has 1 aromatic heterocycles. The second kappa shape index (κ2) is 12.1. The van der Waals surface area contributed by atoms with Gasteiger partial charge in [0.2, 0.25) is 5.75 Å². The maximum absolute atomic E-state index is 12.8. The molecule has 2 heterocycles. The number of rotatable bonds is 11. The Balaban J connectivity index is 1.67. The fourth-order valence-corrected chi connectivity index (χ4v) is 4.07. The van der Waals surface area contributed by atoms with Crippen molar-refractivity contribution in [2.24, 2.45) is 0 Å². The first-order valence-electron chi connectivity index (χ1n) is 11.0. The standard InChI is InChI=1S/C24H27N3O6S/c1-4-31-18-13-17(14-19(32-5-2)21(18)33-6-3)22(28)26-10-11-27-23(29)20(34-24(27)30)12-16-8-7-9-25-15-16/h7-9,12-15H,4-6,10-11H2,1-3H3,(H,26,28). The van der Waals surface area contributed by atoms with Gasteiger partial charge in [0.15, 0.2) is 11.5 Å². The predicted octanol–water partition coefficient (Wildman–Crippen LogP) is 3.74. The number of pyridine rings is 1. The molecule has 0 spiro atoms. The van der Waals surface area contributed by atoms with Crippen LogP contribution in [0.15, 0.2) is 41.6 Å². The lowest BCUT2D eigenvalue weighted by atomic mass is 10.1. The molecule has 0 radical (unpaired) electrons. The summed E-state index contributed by atoms with van der Waals surface area (Å²) in [6.45, 7) is 6.86. The molecule has 0 saturated carbocycles. The second-order valence-corrected chi connectivity index (χ2v) is 7.97. The first-order valence-corrected chi connectivity index (χ1v) is 11.8. The third-order valence-corrected chi connectivity index (χ3v) is 5.56. The Morgan fingerprint density at radius 2 is 1.76 bits per heavy atom. The van der Waals surface area contributed by atoms with E-state index in [0.29, 0.717) is 47.5 Å². The number of carbonyl (C=O) groups excluding carboxylic acids is 3. The molecule has 0 atom stereocenters. The van der Waals surface area contributed by atoms with E-state index in [9.17, 15) is 14.4 Å². The lowest BCUT2D eigenvalue weighted by Crippen LogP contribution is -2.37. The number of hydrogen-bond acceptors (Lipinski definition) is 8. The highest BCUT2D eigenvalue weighted by molar-refractivity contribution is 8.18. The first-order chi connectivity index (χ1) is 16.5. The van der Waals surface area contributed by atoms with Crippen molar-refractivity contribution >= 4 is 34.9 Å². The number of thioether (sulfide) groups is 1. The SMILES string of the molecule is CCOc1cc(C(=O)NCCN2C(=O)SC(=Cc3cccnc3)C2=O)cc(OCC)c1OCC.